The van der Waals surface area contributed by atoms with Crippen molar-refractivity contribution in [3.05, 3.63) is 23.3 Å². The zero-order valence-corrected chi connectivity index (χ0v) is 13.2. The Kier molecular flexibility index (Phi) is 4.86. The molecule has 4 heteroatoms. The molecule has 0 aromatic heterocycles. The maximum absolute atomic E-state index is 12.0. The fourth-order valence-electron chi connectivity index (χ4n) is 3.21. The maximum Gasteiger partial charge on any atom is 0.309 e. The van der Waals surface area contributed by atoms with Crippen LogP contribution in [0.25, 0.3) is 0 Å². The van der Waals surface area contributed by atoms with Gasteiger partial charge >= 0.3 is 11.9 Å². The third-order valence-electron chi connectivity index (χ3n) is 4.33. The van der Waals surface area contributed by atoms with Gasteiger partial charge in [-0.25, -0.2) is 0 Å². The minimum Gasteiger partial charge on any atom is -0.461 e. The van der Waals surface area contributed by atoms with Gasteiger partial charge in [-0.1, -0.05) is 24.1 Å². The lowest BCUT2D eigenvalue weighted by atomic mass is 9.82. The Hall–Kier alpha value is -1.58. The van der Waals surface area contributed by atoms with E-state index in [9.17, 15) is 9.59 Å². The van der Waals surface area contributed by atoms with Gasteiger partial charge in [-0.05, 0) is 32.8 Å². The molecule has 4 nitrogen and oxygen atoms in total. The summed E-state index contributed by atoms with van der Waals surface area (Å²) >= 11 is 0. The number of hydrogen-bond donors (Lipinski definition) is 0. The molecule has 0 aromatic rings. The van der Waals surface area contributed by atoms with Gasteiger partial charge in [0.15, 0.2) is 0 Å². The maximum atomic E-state index is 12.0. The summed E-state index contributed by atoms with van der Waals surface area (Å²) in [6.07, 6.45) is 6.21. The van der Waals surface area contributed by atoms with Crippen LogP contribution >= 0.6 is 0 Å². The molecule has 0 N–H and O–H groups in total. The number of esters is 2. The Balaban J connectivity index is 2.36. The third kappa shape index (κ3) is 3.74. The molecule has 21 heavy (non-hydrogen) atoms. The molecule has 4 atom stereocenters. The number of hydrogen-bond acceptors (Lipinski definition) is 4. The lowest BCUT2D eigenvalue weighted by Gasteiger charge is -2.27. The van der Waals surface area contributed by atoms with Gasteiger partial charge in [0, 0.05) is 13.3 Å². The molecule has 1 aliphatic heterocycles. The summed E-state index contributed by atoms with van der Waals surface area (Å²) in [6, 6.07) is 0. The van der Waals surface area contributed by atoms with E-state index in [1.165, 1.54) is 18.1 Å². The van der Waals surface area contributed by atoms with Gasteiger partial charge in [0.2, 0.25) is 0 Å². The molecule has 1 fully saturated rings. The second-order valence-electron chi connectivity index (χ2n) is 6.22. The van der Waals surface area contributed by atoms with Crippen molar-refractivity contribution >= 4 is 11.9 Å². The van der Waals surface area contributed by atoms with Crippen LogP contribution in [0, 0.1) is 11.8 Å². The van der Waals surface area contributed by atoms with E-state index in [-0.39, 0.29) is 36.0 Å². The zero-order valence-electron chi connectivity index (χ0n) is 13.2. The molecule has 0 bridgehead atoms. The fraction of sp³-hybridized carbons (Fsp3) is 0.647. The topological polar surface area (TPSA) is 52.6 Å². The van der Waals surface area contributed by atoms with Crippen molar-refractivity contribution in [2.45, 2.75) is 59.2 Å². The average molecular weight is 292 g/mol. The van der Waals surface area contributed by atoms with Crippen LogP contribution in [-0.2, 0) is 19.1 Å². The smallest absolute Gasteiger partial charge is 0.309 e. The van der Waals surface area contributed by atoms with E-state index >= 15 is 0 Å². The van der Waals surface area contributed by atoms with Crippen LogP contribution < -0.4 is 0 Å². The van der Waals surface area contributed by atoms with Gasteiger partial charge < -0.3 is 9.47 Å². The van der Waals surface area contributed by atoms with Crippen LogP contribution in [0.15, 0.2) is 23.3 Å². The van der Waals surface area contributed by atoms with Crippen LogP contribution in [0.5, 0.6) is 0 Å². The summed E-state index contributed by atoms with van der Waals surface area (Å²) in [7, 11) is 0. The van der Waals surface area contributed by atoms with E-state index in [1.807, 2.05) is 19.9 Å². The van der Waals surface area contributed by atoms with E-state index in [4.69, 9.17) is 9.47 Å². The summed E-state index contributed by atoms with van der Waals surface area (Å²) in [5.41, 5.74) is 2.40. The molecule has 0 aromatic carbocycles. The lowest BCUT2D eigenvalue weighted by Crippen LogP contribution is -2.34. The minimum atomic E-state index is -0.389. The second-order valence-corrected chi connectivity index (χ2v) is 6.22. The molecule has 2 rings (SSSR count). The Morgan fingerprint density at radius 3 is 2.71 bits per heavy atom. The Morgan fingerprint density at radius 2 is 2.05 bits per heavy atom. The van der Waals surface area contributed by atoms with E-state index in [2.05, 4.69) is 13.0 Å². The fourth-order valence-corrected chi connectivity index (χ4v) is 3.21. The summed E-state index contributed by atoms with van der Waals surface area (Å²) in [6.45, 7) is 7.37. The summed E-state index contributed by atoms with van der Waals surface area (Å²) < 4.78 is 11.0. The monoisotopic (exact) mass is 292 g/mol. The SMILES string of the molecule is CC(=O)O[C@H]1/C=C(\C)CC/C=C(\C)CC2OC(=O)[C@@H](C)[C@H]21. The van der Waals surface area contributed by atoms with Crippen molar-refractivity contribution in [3.63, 3.8) is 0 Å². The van der Waals surface area contributed by atoms with Crippen molar-refractivity contribution in [3.8, 4) is 0 Å². The van der Waals surface area contributed by atoms with Gasteiger partial charge in [-0.3, -0.25) is 9.59 Å². The lowest BCUT2D eigenvalue weighted by molar-refractivity contribution is -0.147. The standard InChI is InChI=1S/C17H24O4/c1-10-6-5-7-11(2)9-15-16(12(3)17(19)21-15)14(8-10)20-13(4)18/h7-8,12,14-16H,5-6,9H2,1-4H3/b10-8+,11-7+/t12-,14-,15?,16-/m0/s1. The molecule has 0 spiro atoms. The first-order valence-corrected chi connectivity index (χ1v) is 7.59. The van der Waals surface area contributed by atoms with Crippen LogP contribution in [0.2, 0.25) is 0 Å². The normalized spacial score (nSPS) is 38.4. The van der Waals surface area contributed by atoms with Crippen LogP contribution in [0.1, 0.15) is 47.0 Å². The van der Waals surface area contributed by atoms with Crippen molar-refractivity contribution in [1.82, 2.24) is 0 Å². The quantitative estimate of drug-likeness (QED) is 0.550. The summed E-state index contributed by atoms with van der Waals surface area (Å²) in [5.74, 6) is -0.882. The Morgan fingerprint density at radius 1 is 1.33 bits per heavy atom. The average Bonchev–Trinajstić information content (AvgIpc) is 2.62. The molecule has 116 valence electrons. The van der Waals surface area contributed by atoms with Gasteiger partial charge in [-0.2, -0.15) is 0 Å². The molecular weight excluding hydrogens is 268 g/mol. The van der Waals surface area contributed by atoms with Crippen LogP contribution in [-0.4, -0.2) is 24.1 Å². The van der Waals surface area contributed by atoms with Gasteiger partial charge in [0.25, 0.3) is 0 Å². The number of carbonyl (C=O) groups excluding carboxylic acids is 2. The molecule has 0 radical (unpaired) electrons. The van der Waals surface area contributed by atoms with E-state index < -0.39 is 0 Å². The zero-order chi connectivity index (χ0) is 15.6. The molecule has 1 heterocycles. The third-order valence-corrected chi connectivity index (χ3v) is 4.33. The second kappa shape index (κ2) is 6.46. The van der Waals surface area contributed by atoms with Crippen molar-refractivity contribution < 1.29 is 19.1 Å². The molecule has 0 amide bonds. The van der Waals surface area contributed by atoms with Crippen LogP contribution in [0.4, 0.5) is 0 Å². The Bertz CT molecular complexity index is 489. The number of fused-ring (bicyclic) bond motifs is 1. The first kappa shape index (κ1) is 15.8. The summed E-state index contributed by atoms with van der Waals surface area (Å²) in [5, 5.41) is 0. The molecule has 1 saturated heterocycles. The van der Waals surface area contributed by atoms with Gasteiger partial charge in [0.05, 0.1) is 11.8 Å². The van der Waals surface area contributed by atoms with Crippen molar-refractivity contribution in [2.75, 3.05) is 0 Å². The first-order chi connectivity index (χ1) is 9.88. The van der Waals surface area contributed by atoms with Crippen molar-refractivity contribution in [1.29, 1.82) is 0 Å². The van der Waals surface area contributed by atoms with Crippen molar-refractivity contribution in [2.24, 2.45) is 11.8 Å². The highest BCUT2D eigenvalue weighted by Gasteiger charge is 2.46. The largest absolute Gasteiger partial charge is 0.461 e. The highest BCUT2D eigenvalue weighted by Crippen LogP contribution is 2.37. The molecule has 0 saturated carbocycles. The van der Waals surface area contributed by atoms with E-state index in [0.29, 0.717) is 6.42 Å². The molecular formula is C17H24O4. The molecule has 2 aliphatic rings. The number of ether oxygens (including phenoxy) is 2. The van der Waals surface area contributed by atoms with E-state index in [0.717, 1.165) is 12.8 Å². The van der Waals surface area contributed by atoms with E-state index in [1.54, 1.807) is 0 Å². The van der Waals surface area contributed by atoms with Crippen LogP contribution in [0.3, 0.4) is 0 Å². The first-order valence-electron chi connectivity index (χ1n) is 7.59. The number of carbonyl (C=O) groups is 2. The molecule has 1 aliphatic carbocycles. The predicted molar refractivity (Wildman–Crippen MR) is 79.5 cm³/mol. The molecule has 1 unspecified atom stereocenters. The highest BCUT2D eigenvalue weighted by molar-refractivity contribution is 5.75. The Labute approximate surface area is 126 Å². The minimum absolute atomic E-state index is 0.113. The highest BCUT2D eigenvalue weighted by atomic mass is 16.6. The number of allylic oxidation sites excluding steroid dienone is 2. The van der Waals surface area contributed by atoms with Gasteiger partial charge in [0.1, 0.15) is 12.2 Å². The summed E-state index contributed by atoms with van der Waals surface area (Å²) in [4.78, 5) is 23.4. The van der Waals surface area contributed by atoms with Gasteiger partial charge in [-0.15, -0.1) is 0 Å². The number of rotatable bonds is 1. The predicted octanol–water partition coefficient (Wildman–Crippen LogP) is 3.17.